The van der Waals surface area contributed by atoms with Crippen molar-refractivity contribution in [3.05, 3.63) is 66.1 Å². The lowest BCUT2D eigenvalue weighted by Crippen LogP contribution is -2.26. The Labute approximate surface area is 129 Å². The molecule has 0 aliphatic heterocycles. The number of rotatable bonds is 4. The molecule has 112 valence electrons. The van der Waals surface area contributed by atoms with E-state index in [9.17, 15) is 4.79 Å². The summed E-state index contributed by atoms with van der Waals surface area (Å²) >= 11 is 0. The molecule has 0 radical (unpaired) electrons. The summed E-state index contributed by atoms with van der Waals surface area (Å²) in [5.41, 5.74) is 3.72. The molecule has 5 heteroatoms. The molecule has 1 N–H and O–H groups in total. The minimum atomic E-state index is -0.0918. The van der Waals surface area contributed by atoms with Crippen LogP contribution in [-0.2, 0) is 20.6 Å². The monoisotopic (exact) mass is 294 g/mol. The zero-order valence-corrected chi connectivity index (χ0v) is 12.7. The largest absolute Gasteiger partial charge is 0.345 e. The molecular weight excluding hydrogens is 276 g/mol. The Morgan fingerprint density at radius 1 is 1.09 bits per heavy atom. The molecule has 0 bridgehead atoms. The maximum absolute atomic E-state index is 12.4. The summed E-state index contributed by atoms with van der Waals surface area (Å²) in [6, 6.07) is 15.7. The van der Waals surface area contributed by atoms with Gasteiger partial charge in [0.15, 0.2) is 0 Å². The Bertz CT molecular complexity index is 786. The van der Waals surface area contributed by atoms with Crippen molar-refractivity contribution in [1.29, 1.82) is 0 Å². The van der Waals surface area contributed by atoms with E-state index in [1.54, 1.807) is 10.9 Å². The van der Waals surface area contributed by atoms with Crippen LogP contribution in [0.4, 0.5) is 0 Å². The van der Waals surface area contributed by atoms with Gasteiger partial charge in [0.25, 0.3) is 5.91 Å². The second-order valence-electron chi connectivity index (χ2n) is 5.16. The molecule has 0 saturated heterocycles. The van der Waals surface area contributed by atoms with Gasteiger partial charge in [-0.3, -0.25) is 9.48 Å². The molecule has 2 heterocycles. The van der Waals surface area contributed by atoms with Crippen LogP contribution < -0.4 is 5.32 Å². The predicted octanol–water partition coefficient (Wildman–Crippen LogP) is 2.36. The molecule has 3 aromatic rings. The molecule has 5 nitrogen and oxygen atoms in total. The number of nitrogens with one attached hydrogen (secondary N) is 1. The zero-order valence-electron chi connectivity index (χ0n) is 12.7. The van der Waals surface area contributed by atoms with Crippen LogP contribution in [0.25, 0.3) is 11.3 Å². The molecule has 2 aromatic heterocycles. The molecule has 0 fully saturated rings. The fourth-order valence-corrected chi connectivity index (χ4v) is 2.47. The third kappa shape index (κ3) is 2.65. The first-order valence-corrected chi connectivity index (χ1v) is 7.13. The van der Waals surface area contributed by atoms with E-state index in [-0.39, 0.29) is 5.91 Å². The number of aromatic nitrogens is 3. The third-order valence-corrected chi connectivity index (χ3v) is 3.78. The fourth-order valence-electron chi connectivity index (χ4n) is 2.47. The molecule has 1 amide bonds. The van der Waals surface area contributed by atoms with Gasteiger partial charge in [-0.15, -0.1) is 0 Å². The maximum atomic E-state index is 12.4. The second kappa shape index (κ2) is 5.89. The van der Waals surface area contributed by atoms with E-state index < -0.39 is 0 Å². The fraction of sp³-hybridized carbons (Fsp3) is 0.176. The third-order valence-electron chi connectivity index (χ3n) is 3.78. The normalized spacial score (nSPS) is 10.6. The molecule has 0 spiro atoms. The minimum absolute atomic E-state index is 0.0918. The van der Waals surface area contributed by atoms with Crippen molar-refractivity contribution < 1.29 is 4.79 Å². The topological polar surface area (TPSA) is 51.9 Å². The number of amides is 1. The quantitative estimate of drug-likeness (QED) is 0.803. The van der Waals surface area contributed by atoms with Crippen LogP contribution in [0, 0.1) is 0 Å². The standard InChI is InChI=1S/C17H18N4O/c1-20-15(13-6-4-3-5-7-13)8-9-16(20)17(22)18-12-14-10-11-19-21(14)2/h3-11H,12H2,1-2H3,(H,18,22). The number of carbonyl (C=O) groups excluding carboxylic acids is 1. The SMILES string of the molecule is Cn1nccc1CNC(=O)c1ccc(-c2ccccc2)n1C. The molecule has 22 heavy (non-hydrogen) atoms. The van der Waals surface area contributed by atoms with Crippen molar-refractivity contribution in [2.75, 3.05) is 0 Å². The van der Waals surface area contributed by atoms with E-state index in [4.69, 9.17) is 0 Å². The Morgan fingerprint density at radius 2 is 1.86 bits per heavy atom. The first-order valence-electron chi connectivity index (χ1n) is 7.13. The highest BCUT2D eigenvalue weighted by Crippen LogP contribution is 2.21. The van der Waals surface area contributed by atoms with Gasteiger partial charge in [-0.05, 0) is 23.8 Å². The lowest BCUT2D eigenvalue weighted by Gasteiger charge is -2.09. The maximum Gasteiger partial charge on any atom is 0.268 e. The van der Waals surface area contributed by atoms with Crippen molar-refractivity contribution in [2.45, 2.75) is 6.54 Å². The Kier molecular flexibility index (Phi) is 3.78. The van der Waals surface area contributed by atoms with Crippen molar-refractivity contribution in [2.24, 2.45) is 14.1 Å². The van der Waals surface area contributed by atoms with Crippen molar-refractivity contribution in [3.8, 4) is 11.3 Å². The Morgan fingerprint density at radius 3 is 2.55 bits per heavy atom. The van der Waals surface area contributed by atoms with Crippen molar-refractivity contribution >= 4 is 5.91 Å². The van der Waals surface area contributed by atoms with Gasteiger partial charge >= 0.3 is 0 Å². The summed E-state index contributed by atoms with van der Waals surface area (Å²) in [5, 5.41) is 7.02. The minimum Gasteiger partial charge on any atom is -0.345 e. The molecule has 0 saturated carbocycles. The number of benzene rings is 1. The van der Waals surface area contributed by atoms with Crippen molar-refractivity contribution in [1.82, 2.24) is 19.7 Å². The first kappa shape index (κ1) is 14.1. The van der Waals surface area contributed by atoms with Crippen LogP contribution in [0.5, 0.6) is 0 Å². The zero-order chi connectivity index (χ0) is 15.5. The van der Waals surface area contributed by atoms with E-state index in [0.717, 1.165) is 17.0 Å². The van der Waals surface area contributed by atoms with Gasteiger partial charge in [-0.25, -0.2) is 0 Å². The van der Waals surface area contributed by atoms with Gasteiger partial charge in [0, 0.05) is 26.0 Å². The lowest BCUT2D eigenvalue weighted by atomic mass is 10.2. The lowest BCUT2D eigenvalue weighted by molar-refractivity contribution is 0.0942. The highest BCUT2D eigenvalue weighted by molar-refractivity contribution is 5.93. The molecule has 1 aromatic carbocycles. The summed E-state index contributed by atoms with van der Waals surface area (Å²) in [7, 11) is 3.76. The Balaban J connectivity index is 1.77. The predicted molar refractivity (Wildman–Crippen MR) is 85.2 cm³/mol. The van der Waals surface area contributed by atoms with Crippen molar-refractivity contribution in [3.63, 3.8) is 0 Å². The van der Waals surface area contributed by atoms with Crippen LogP contribution in [0.15, 0.2) is 54.7 Å². The van der Waals surface area contributed by atoms with E-state index in [0.29, 0.717) is 12.2 Å². The van der Waals surface area contributed by atoms with Crippen LogP contribution in [0.3, 0.4) is 0 Å². The smallest absolute Gasteiger partial charge is 0.268 e. The van der Waals surface area contributed by atoms with E-state index in [2.05, 4.69) is 10.4 Å². The van der Waals surface area contributed by atoms with Crippen LogP contribution in [0.2, 0.25) is 0 Å². The van der Waals surface area contributed by atoms with Gasteiger partial charge in [0.1, 0.15) is 5.69 Å². The molecule has 0 atom stereocenters. The van der Waals surface area contributed by atoms with Crippen LogP contribution >= 0.6 is 0 Å². The summed E-state index contributed by atoms with van der Waals surface area (Å²) in [6.45, 7) is 0.460. The average Bonchev–Trinajstić information content (AvgIpc) is 3.12. The molecular formula is C17H18N4O. The number of hydrogen-bond donors (Lipinski definition) is 1. The van der Waals surface area contributed by atoms with Gasteiger partial charge in [-0.2, -0.15) is 5.10 Å². The number of nitrogens with zero attached hydrogens (tertiary/aromatic N) is 3. The summed E-state index contributed by atoms with van der Waals surface area (Å²) in [5.74, 6) is -0.0918. The van der Waals surface area contributed by atoms with Crippen LogP contribution in [-0.4, -0.2) is 20.3 Å². The molecule has 3 rings (SSSR count). The summed E-state index contributed by atoms with van der Waals surface area (Å²) in [4.78, 5) is 12.4. The Hall–Kier alpha value is -2.82. The highest BCUT2D eigenvalue weighted by atomic mass is 16.1. The molecule has 0 aliphatic carbocycles. The molecule has 0 aliphatic rings. The number of carbonyl (C=O) groups is 1. The van der Waals surface area contributed by atoms with Gasteiger partial charge < -0.3 is 9.88 Å². The average molecular weight is 294 g/mol. The second-order valence-corrected chi connectivity index (χ2v) is 5.16. The highest BCUT2D eigenvalue weighted by Gasteiger charge is 2.13. The number of hydrogen-bond acceptors (Lipinski definition) is 2. The first-order chi connectivity index (χ1) is 10.7. The van der Waals surface area contributed by atoms with E-state index in [1.807, 2.05) is 67.2 Å². The van der Waals surface area contributed by atoms with Gasteiger partial charge in [-0.1, -0.05) is 30.3 Å². The summed E-state index contributed by atoms with van der Waals surface area (Å²) < 4.78 is 3.66. The van der Waals surface area contributed by atoms with Crippen LogP contribution in [0.1, 0.15) is 16.2 Å². The van der Waals surface area contributed by atoms with E-state index >= 15 is 0 Å². The van der Waals surface area contributed by atoms with Gasteiger partial charge in [0.05, 0.1) is 12.2 Å². The van der Waals surface area contributed by atoms with E-state index in [1.165, 1.54) is 0 Å². The molecule has 0 unspecified atom stereocenters. The summed E-state index contributed by atoms with van der Waals surface area (Å²) in [6.07, 6.45) is 1.72. The van der Waals surface area contributed by atoms with Gasteiger partial charge in [0.2, 0.25) is 0 Å². The number of aryl methyl sites for hydroxylation is 1.